The molecule has 2 N–H and O–H groups in total. The predicted molar refractivity (Wildman–Crippen MR) is 81.6 cm³/mol. The molecule has 7 nitrogen and oxygen atoms in total. The van der Waals surface area contributed by atoms with Gasteiger partial charge in [0, 0.05) is 32.2 Å². The SMILES string of the molecule is O=C(O)NC1CC=C(c2cncn2CCN2CCOCC2)C1. The van der Waals surface area contributed by atoms with Gasteiger partial charge < -0.3 is 19.7 Å². The Labute approximate surface area is 129 Å². The van der Waals surface area contributed by atoms with Crippen molar-refractivity contribution in [1.82, 2.24) is 19.8 Å². The number of ether oxygens (including phenoxy) is 1. The van der Waals surface area contributed by atoms with Gasteiger partial charge in [0.2, 0.25) is 0 Å². The van der Waals surface area contributed by atoms with E-state index in [2.05, 4.69) is 25.8 Å². The Morgan fingerprint density at radius 2 is 2.23 bits per heavy atom. The van der Waals surface area contributed by atoms with E-state index in [1.54, 1.807) is 0 Å². The van der Waals surface area contributed by atoms with Crippen molar-refractivity contribution in [3.63, 3.8) is 0 Å². The van der Waals surface area contributed by atoms with Gasteiger partial charge in [0.15, 0.2) is 0 Å². The van der Waals surface area contributed by atoms with Crippen LogP contribution in [0.5, 0.6) is 0 Å². The van der Waals surface area contributed by atoms with Gasteiger partial charge in [-0.15, -0.1) is 0 Å². The lowest BCUT2D eigenvalue weighted by atomic mass is 10.1. The van der Waals surface area contributed by atoms with Gasteiger partial charge in [-0.3, -0.25) is 4.90 Å². The molecule has 1 fully saturated rings. The van der Waals surface area contributed by atoms with Crippen molar-refractivity contribution in [1.29, 1.82) is 0 Å². The van der Waals surface area contributed by atoms with Gasteiger partial charge in [-0.1, -0.05) is 6.08 Å². The normalized spacial score (nSPS) is 22.5. The van der Waals surface area contributed by atoms with Crippen LogP contribution in [0.25, 0.3) is 5.57 Å². The van der Waals surface area contributed by atoms with Gasteiger partial charge in [-0.2, -0.15) is 0 Å². The van der Waals surface area contributed by atoms with Crippen molar-refractivity contribution in [2.45, 2.75) is 25.4 Å². The Morgan fingerprint density at radius 1 is 1.41 bits per heavy atom. The molecule has 3 rings (SSSR count). The highest BCUT2D eigenvalue weighted by Gasteiger charge is 2.21. The van der Waals surface area contributed by atoms with Crippen molar-refractivity contribution < 1.29 is 14.6 Å². The van der Waals surface area contributed by atoms with E-state index in [1.807, 2.05) is 12.5 Å². The Hall–Kier alpha value is -1.86. The maximum atomic E-state index is 10.7. The van der Waals surface area contributed by atoms with Crippen LogP contribution in [0.2, 0.25) is 0 Å². The maximum Gasteiger partial charge on any atom is 0.404 e. The molecule has 1 aromatic heterocycles. The molecule has 1 aliphatic heterocycles. The number of nitrogens with zero attached hydrogens (tertiary/aromatic N) is 3. The second-order valence-corrected chi connectivity index (χ2v) is 5.74. The van der Waals surface area contributed by atoms with Gasteiger partial charge in [0.1, 0.15) is 0 Å². The third-order valence-electron chi connectivity index (χ3n) is 4.24. The molecule has 120 valence electrons. The molecule has 1 atom stereocenters. The first-order chi connectivity index (χ1) is 10.7. The summed E-state index contributed by atoms with van der Waals surface area (Å²) in [7, 11) is 0. The minimum Gasteiger partial charge on any atom is -0.465 e. The molecule has 1 aliphatic carbocycles. The fourth-order valence-corrected chi connectivity index (χ4v) is 3.05. The molecule has 7 heteroatoms. The summed E-state index contributed by atoms with van der Waals surface area (Å²) < 4.78 is 7.52. The molecule has 1 aromatic rings. The molecule has 1 amide bonds. The van der Waals surface area contributed by atoms with E-state index in [0.29, 0.717) is 0 Å². The summed E-state index contributed by atoms with van der Waals surface area (Å²) in [6.07, 6.45) is 6.36. The van der Waals surface area contributed by atoms with E-state index in [0.717, 1.165) is 57.9 Å². The standard InChI is InChI=1S/C15H22N4O3/c20-15(21)17-13-2-1-12(9-13)14-10-16-11-19(14)4-3-18-5-7-22-8-6-18/h1,10-11,13,17H,2-9H2,(H,20,21). The van der Waals surface area contributed by atoms with Crippen LogP contribution in [0, 0.1) is 0 Å². The molecule has 0 saturated carbocycles. The zero-order chi connectivity index (χ0) is 15.4. The molecule has 0 radical (unpaired) electrons. The van der Waals surface area contributed by atoms with Crippen LogP contribution in [0.4, 0.5) is 4.79 Å². The highest BCUT2D eigenvalue weighted by molar-refractivity contribution is 5.69. The number of hydrogen-bond donors (Lipinski definition) is 2. The van der Waals surface area contributed by atoms with E-state index >= 15 is 0 Å². The average molecular weight is 306 g/mol. The van der Waals surface area contributed by atoms with Crippen molar-refractivity contribution >= 4 is 11.7 Å². The number of morpholine rings is 1. The van der Waals surface area contributed by atoms with Crippen LogP contribution < -0.4 is 5.32 Å². The number of aromatic nitrogens is 2. The first kappa shape index (κ1) is 15.1. The average Bonchev–Trinajstić information content (AvgIpc) is 3.14. The third-order valence-corrected chi connectivity index (χ3v) is 4.24. The highest BCUT2D eigenvalue weighted by Crippen LogP contribution is 2.27. The second-order valence-electron chi connectivity index (χ2n) is 5.74. The molecule has 1 saturated heterocycles. The summed E-state index contributed by atoms with van der Waals surface area (Å²) in [4.78, 5) is 17.4. The largest absolute Gasteiger partial charge is 0.465 e. The lowest BCUT2D eigenvalue weighted by Gasteiger charge is -2.26. The smallest absolute Gasteiger partial charge is 0.404 e. The fourth-order valence-electron chi connectivity index (χ4n) is 3.05. The topological polar surface area (TPSA) is 79.6 Å². The van der Waals surface area contributed by atoms with E-state index in [4.69, 9.17) is 9.84 Å². The van der Waals surface area contributed by atoms with Crippen LogP contribution in [-0.2, 0) is 11.3 Å². The number of imidazole rings is 1. The number of amides is 1. The molecule has 0 aromatic carbocycles. The quantitative estimate of drug-likeness (QED) is 0.849. The molecule has 22 heavy (non-hydrogen) atoms. The molecular formula is C15H22N4O3. The highest BCUT2D eigenvalue weighted by atomic mass is 16.5. The molecule has 0 spiro atoms. The molecule has 1 unspecified atom stereocenters. The first-order valence-electron chi connectivity index (χ1n) is 7.71. The summed E-state index contributed by atoms with van der Waals surface area (Å²) in [5, 5.41) is 11.4. The van der Waals surface area contributed by atoms with Crippen molar-refractivity contribution in [2.75, 3.05) is 32.8 Å². The van der Waals surface area contributed by atoms with Crippen LogP contribution in [0.3, 0.4) is 0 Å². The zero-order valence-corrected chi connectivity index (χ0v) is 12.6. The lowest BCUT2D eigenvalue weighted by Crippen LogP contribution is -2.38. The van der Waals surface area contributed by atoms with Crippen molar-refractivity contribution in [2.24, 2.45) is 0 Å². The van der Waals surface area contributed by atoms with Gasteiger partial charge in [-0.05, 0) is 18.4 Å². The Kier molecular flexibility index (Phi) is 4.74. The Bertz CT molecular complexity index is 549. The van der Waals surface area contributed by atoms with E-state index in [9.17, 15) is 4.79 Å². The van der Waals surface area contributed by atoms with Gasteiger partial charge >= 0.3 is 6.09 Å². The first-order valence-corrected chi connectivity index (χ1v) is 7.71. The second kappa shape index (κ2) is 6.93. The zero-order valence-electron chi connectivity index (χ0n) is 12.6. The summed E-state index contributed by atoms with van der Waals surface area (Å²) in [5.74, 6) is 0. The van der Waals surface area contributed by atoms with Gasteiger partial charge in [0.25, 0.3) is 0 Å². The molecular weight excluding hydrogens is 284 g/mol. The fraction of sp³-hybridized carbons (Fsp3) is 0.600. The van der Waals surface area contributed by atoms with E-state index in [1.165, 1.54) is 5.57 Å². The molecule has 2 heterocycles. The van der Waals surface area contributed by atoms with Crippen LogP contribution >= 0.6 is 0 Å². The van der Waals surface area contributed by atoms with Crippen LogP contribution in [-0.4, -0.2) is 64.5 Å². The minimum absolute atomic E-state index is 0.0184. The lowest BCUT2D eigenvalue weighted by molar-refractivity contribution is 0.0363. The predicted octanol–water partition coefficient (Wildman–Crippen LogP) is 1.03. The molecule has 2 aliphatic rings. The summed E-state index contributed by atoms with van der Waals surface area (Å²) in [6.45, 7) is 5.46. The number of hydrogen-bond acceptors (Lipinski definition) is 4. The third kappa shape index (κ3) is 3.66. The number of nitrogens with one attached hydrogen (secondary N) is 1. The van der Waals surface area contributed by atoms with Gasteiger partial charge in [-0.25, -0.2) is 9.78 Å². The number of carboxylic acid groups (broad SMARTS) is 1. The summed E-state index contributed by atoms with van der Waals surface area (Å²) >= 11 is 0. The van der Waals surface area contributed by atoms with Crippen LogP contribution in [0.1, 0.15) is 18.5 Å². The monoisotopic (exact) mass is 306 g/mol. The molecule has 0 bridgehead atoms. The Morgan fingerprint density at radius 3 is 3.00 bits per heavy atom. The van der Waals surface area contributed by atoms with Gasteiger partial charge in [0.05, 0.1) is 31.4 Å². The summed E-state index contributed by atoms with van der Waals surface area (Å²) in [6, 6.07) is -0.0184. The Balaban J connectivity index is 1.57. The van der Waals surface area contributed by atoms with Crippen molar-refractivity contribution in [3.8, 4) is 0 Å². The maximum absolute atomic E-state index is 10.7. The van der Waals surface area contributed by atoms with E-state index < -0.39 is 6.09 Å². The summed E-state index contributed by atoms with van der Waals surface area (Å²) in [5.41, 5.74) is 2.28. The van der Waals surface area contributed by atoms with E-state index in [-0.39, 0.29) is 6.04 Å². The number of rotatable bonds is 5. The van der Waals surface area contributed by atoms with Crippen molar-refractivity contribution in [3.05, 3.63) is 24.3 Å². The number of carbonyl (C=O) groups is 1. The minimum atomic E-state index is -0.958. The van der Waals surface area contributed by atoms with Crippen LogP contribution in [0.15, 0.2) is 18.6 Å².